The van der Waals surface area contributed by atoms with Crippen molar-refractivity contribution in [1.29, 1.82) is 0 Å². The number of fused-ring (bicyclic) bond motifs is 2. The van der Waals surface area contributed by atoms with E-state index >= 15 is 0 Å². The number of H-pyrrole nitrogens is 2. The number of nitrogens with one attached hydrogen (secondary N) is 3. The van der Waals surface area contributed by atoms with E-state index in [9.17, 15) is 5.11 Å². The average molecular weight is 495 g/mol. The average Bonchev–Trinajstić information content (AvgIpc) is 3.61. The minimum Gasteiger partial charge on any atom is -0.374 e. The number of thiophene rings is 1. The highest BCUT2D eigenvalue weighted by Gasteiger charge is 2.25. The van der Waals surface area contributed by atoms with E-state index in [1.165, 1.54) is 6.42 Å². The first-order valence-electron chi connectivity index (χ1n) is 11.9. The van der Waals surface area contributed by atoms with Crippen LogP contribution in [0.1, 0.15) is 19.3 Å². The van der Waals surface area contributed by atoms with Gasteiger partial charge in [-0.25, -0.2) is 4.98 Å². The van der Waals surface area contributed by atoms with Gasteiger partial charge < -0.3 is 15.4 Å². The molecule has 36 heavy (non-hydrogen) atoms. The lowest BCUT2D eigenvalue weighted by Crippen LogP contribution is -2.33. The van der Waals surface area contributed by atoms with Crippen LogP contribution in [0.3, 0.4) is 0 Å². The van der Waals surface area contributed by atoms with Gasteiger partial charge in [-0.05, 0) is 42.5 Å². The van der Waals surface area contributed by atoms with Crippen LogP contribution < -0.4 is 5.32 Å². The highest BCUT2D eigenvalue weighted by molar-refractivity contribution is 7.13. The molecule has 9 nitrogen and oxygen atoms in total. The number of imidazole rings is 1. The first-order valence-corrected chi connectivity index (χ1v) is 12.7. The van der Waals surface area contributed by atoms with Crippen LogP contribution in [0.5, 0.6) is 0 Å². The quantitative estimate of drug-likeness (QED) is 0.234. The maximum atomic E-state index is 10.4. The van der Waals surface area contributed by atoms with E-state index < -0.39 is 6.23 Å². The fraction of sp³-hybridized carbons (Fsp3) is 0.192. The lowest BCUT2D eigenvalue weighted by atomic mass is 9.84. The molecule has 1 saturated carbocycles. The van der Waals surface area contributed by atoms with E-state index in [0.29, 0.717) is 17.4 Å². The number of hydrogen-bond acceptors (Lipinski definition) is 8. The molecule has 1 aliphatic carbocycles. The molecule has 0 spiro atoms. The molecule has 6 aromatic heterocycles. The van der Waals surface area contributed by atoms with E-state index in [2.05, 4.69) is 35.5 Å². The molecule has 10 heteroatoms. The maximum Gasteiger partial charge on any atom is 0.159 e. The van der Waals surface area contributed by atoms with Gasteiger partial charge in [-0.2, -0.15) is 5.10 Å². The SMILES string of the molecule is OC(Nc1cncc(-c2cc3c(-c4nc5c(-c6cccs6)nccc5[nH]4)n[nH]c3cn2)c1)C1CCC1. The Morgan fingerprint density at radius 3 is 2.83 bits per heavy atom. The Bertz CT molecular complexity index is 1690. The third-order valence-electron chi connectivity index (χ3n) is 6.77. The molecule has 4 N–H and O–H groups in total. The number of aliphatic hydroxyl groups excluding tert-OH is 1. The fourth-order valence-electron chi connectivity index (χ4n) is 4.60. The number of rotatable bonds is 6. The summed E-state index contributed by atoms with van der Waals surface area (Å²) in [6.07, 6.45) is 9.77. The van der Waals surface area contributed by atoms with Crippen molar-refractivity contribution in [3.05, 3.63) is 60.5 Å². The topological polar surface area (TPSA) is 128 Å². The highest BCUT2D eigenvalue weighted by Crippen LogP contribution is 2.34. The number of anilines is 1. The molecule has 0 aromatic carbocycles. The Balaban J connectivity index is 1.26. The van der Waals surface area contributed by atoms with Crippen LogP contribution in [0.4, 0.5) is 5.69 Å². The Hall–Kier alpha value is -4.15. The predicted octanol–water partition coefficient (Wildman–Crippen LogP) is 5.22. The van der Waals surface area contributed by atoms with Crippen LogP contribution in [-0.4, -0.2) is 46.5 Å². The van der Waals surface area contributed by atoms with Crippen molar-refractivity contribution >= 4 is 39.0 Å². The van der Waals surface area contributed by atoms with Crippen LogP contribution in [0.15, 0.2) is 60.5 Å². The zero-order chi connectivity index (χ0) is 24.1. The number of pyridine rings is 3. The van der Waals surface area contributed by atoms with Gasteiger partial charge in [-0.15, -0.1) is 11.3 Å². The van der Waals surface area contributed by atoms with E-state index in [4.69, 9.17) is 4.98 Å². The monoisotopic (exact) mass is 494 g/mol. The first kappa shape index (κ1) is 21.2. The van der Waals surface area contributed by atoms with E-state index in [0.717, 1.165) is 62.3 Å². The van der Waals surface area contributed by atoms with Crippen molar-refractivity contribution in [3.63, 3.8) is 0 Å². The minimum absolute atomic E-state index is 0.302. The lowest BCUT2D eigenvalue weighted by Gasteiger charge is -2.31. The summed E-state index contributed by atoms with van der Waals surface area (Å²) in [6, 6.07) is 9.93. The highest BCUT2D eigenvalue weighted by atomic mass is 32.1. The van der Waals surface area contributed by atoms with Gasteiger partial charge in [-0.1, -0.05) is 12.5 Å². The fourth-order valence-corrected chi connectivity index (χ4v) is 5.32. The molecule has 1 fully saturated rings. The van der Waals surface area contributed by atoms with E-state index in [-0.39, 0.29) is 0 Å². The van der Waals surface area contributed by atoms with Gasteiger partial charge in [0.1, 0.15) is 23.1 Å². The minimum atomic E-state index is -0.562. The van der Waals surface area contributed by atoms with Crippen molar-refractivity contribution < 1.29 is 5.11 Å². The summed E-state index contributed by atoms with van der Waals surface area (Å²) in [7, 11) is 0. The first-order chi connectivity index (χ1) is 17.7. The Morgan fingerprint density at radius 1 is 1.06 bits per heavy atom. The van der Waals surface area contributed by atoms with Crippen molar-refractivity contribution in [2.45, 2.75) is 25.5 Å². The largest absolute Gasteiger partial charge is 0.374 e. The Labute approximate surface area is 209 Å². The molecular formula is C26H22N8OS. The summed E-state index contributed by atoms with van der Waals surface area (Å²) in [5, 5.41) is 24.1. The zero-order valence-corrected chi connectivity index (χ0v) is 20.0. The number of hydrogen-bond donors (Lipinski definition) is 4. The summed E-state index contributed by atoms with van der Waals surface area (Å²) in [5.74, 6) is 0.965. The van der Waals surface area contributed by atoms with Crippen molar-refractivity contribution in [2.24, 2.45) is 5.92 Å². The molecular weight excluding hydrogens is 472 g/mol. The summed E-state index contributed by atoms with van der Waals surface area (Å²) >= 11 is 1.64. The summed E-state index contributed by atoms with van der Waals surface area (Å²) in [6.45, 7) is 0. The molecule has 0 amide bonds. The van der Waals surface area contributed by atoms with Gasteiger partial charge in [0.15, 0.2) is 5.82 Å². The molecule has 178 valence electrons. The van der Waals surface area contributed by atoms with Crippen molar-refractivity contribution in [2.75, 3.05) is 5.32 Å². The molecule has 0 bridgehead atoms. The van der Waals surface area contributed by atoms with Gasteiger partial charge in [0.25, 0.3) is 0 Å². The van der Waals surface area contributed by atoms with Crippen LogP contribution in [0.2, 0.25) is 0 Å². The van der Waals surface area contributed by atoms with E-state index in [1.54, 1.807) is 36.1 Å². The van der Waals surface area contributed by atoms with Crippen LogP contribution >= 0.6 is 11.3 Å². The van der Waals surface area contributed by atoms with Crippen molar-refractivity contribution in [1.82, 2.24) is 35.1 Å². The molecule has 1 aliphatic rings. The molecule has 7 rings (SSSR count). The smallest absolute Gasteiger partial charge is 0.159 e. The molecule has 1 atom stereocenters. The van der Waals surface area contributed by atoms with Gasteiger partial charge >= 0.3 is 0 Å². The van der Waals surface area contributed by atoms with Crippen LogP contribution in [0.25, 0.3) is 55.3 Å². The number of aromatic nitrogens is 7. The third-order valence-corrected chi connectivity index (χ3v) is 7.65. The summed E-state index contributed by atoms with van der Waals surface area (Å²) < 4.78 is 0. The van der Waals surface area contributed by atoms with Crippen LogP contribution in [-0.2, 0) is 0 Å². The Morgan fingerprint density at radius 2 is 2.00 bits per heavy atom. The Kier molecular flexibility index (Phi) is 5.00. The molecule has 1 unspecified atom stereocenters. The molecule has 0 radical (unpaired) electrons. The lowest BCUT2D eigenvalue weighted by molar-refractivity contribution is 0.0851. The van der Waals surface area contributed by atoms with Crippen LogP contribution in [0, 0.1) is 5.92 Å². The molecule has 0 aliphatic heterocycles. The van der Waals surface area contributed by atoms with Gasteiger partial charge in [-0.3, -0.25) is 20.1 Å². The normalized spacial score (nSPS) is 14.8. The second kappa shape index (κ2) is 8.51. The standard InChI is InChI=1S/C26H22N8OS/c35-26(14-3-1-4-14)30-16-9-15(11-27-12-16)19-10-17-20(13-29-19)33-34-22(17)25-31-18-6-7-28-24(23(18)32-25)21-5-2-8-36-21/h2,5-14,26,30,35H,1,3-4H2,(H,31,32)(H,33,34). The number of aliphatic hydroxyl groups is 1. The molecule has 6 heterocycles. The summed E-state index contributed by atoms with van der Waals surface area (Å²) in [5.41, 5.74) is 6.48. The summed E-state index contributed by atoms with van der Waals surface area (Å²) in [4.78, 5) is 22.9. The van der Waals surface area contributed by atoms with Gasteiger partial charge in [0, 0.05) is 29.3 Å². The predicted molar refractivity (Wildman–Crippen MR) is 140 cm³/mol. The maximum absolute atomic E-state index is 10.4. The molecule has 0 saturated heterocycles. The number of nitrogens with zero attached hydrogens (tertiary/aromatic N) is 5. The molecule has 6 aromatic rings. The second-order valence-corrected chi connectivity index (χ2v) is 10.00. The zero-order valence-electron chi connectivity index (χ0n) is 19.1. The third kappa shape index (κ3) is 3.62. The van der Waals surface area contributed by atoms with Gasteiger partial charge in [0.2, 0.25) is 0 Å². The second-order valence-electron chi connectivity index (χ2n) is 9.05. The number of aromatic amines is 2. The van der Waals surface area contributed by atoms with Gasteiger partial charge in [0.05, 0.1) is 39.7 Å². The van der Waals surface area contributed by atoms with Crippen molar-refractivity contribution in [3.8, 4) is 33.3 Å². The van der Waals surface area contributed by atoms with E-state index in [1.807, 2.05) is 35.7 Å².